The van der Waals surface area contributed by atoms with Crippen LogP contribution in [-0.4, -0.2) is 44.1 Å². The Balaban J connectivity index is 1.11. The van der Waals surface area contributed by atoms with Crippen molar-refractivity contribution in [3.63, 3.8) is 0 Å². The van der Waals surface area contributed by atoms with Crippen LogP contribution < -0.4 is 0 Å². The lowest BCUT2D eigenvalue weighted by Gasteiger charge is -2.10. The summed E-state index contributed by atoms with van der Waals surface area (Å²) in [5.74, 6) is -1.15. The zero-order valence-corrected chi connectivity index (χ0v) is 33.2. The van der Waals surface area contributed by atoms with Gasteiger partial charge < -0.3 is 18.8 Å². The molecule has 0 fully saturated rings. The van der Waals surface area contributed by atoms with Gasteiger partial charge in [0.2, 0.25) is 11.6 Å². The molecule has 4 aromatic heterocycles. The second-order valence-electron chi connectivity index (χ2n) is 13.8. The number of rotatable bonds is 12. The minimum atomic E-state index is -0.545. The van der Waals surface area contributed by atoms with Gasteiger partial charge in [-0.2, -0.15) is 0 Å². The van der Waals surface area contributed by atoms with Gasteiger partial charge in [0.25, 0.3) is 0 Å². The van der Waals surface area contributed by atoms with E-state index in [-0.39, 0.29) is 11.6 Å². The smallest absolute Gasteiger partial charge is 0.331 e. The van der Waals surface area contributed by atoms with Gasteiger partial charge in [0.05, 0.1) is 21.2 Å². The third-order valence-electron chi connectivity index (χ3n) is 10.1. The molecule has 4 heterocycles. The van der Waals surface area contributed by atoms with Crippen LogP contribution in [0.25, 0.3) is 43.6 Å². The lowest BCUT2D eigenvalue weighted by atomic mass is 9.98. The molecule has 8 rings (SSSR count). The first-order chi connectivity index (χ1) is 27.6. The van der Waals surface area contributed by atoms with Crippen molar-refractivity contribution in [3.8, 4) is 0 Å². The molecule has 284 valence electrons. The highest BCUT2D eigenvalue weighted by Crippen LogP contribution is 2.33. The van der Waals surface area contributed by atoms with Gasteiger partial charge in [-0.1, -0.05) is 34.6 Å². The van der Waals surface area contributed by atoms with Crippen molar-refractivity contribution in [1.29, 1.82) is 0 Å². The van der Waals surface area contributed by atoms with E-state index in [2.05, 4.69) is 19.4 Å². The van der Waals surface area contributed by atoms with Crippen LogP contribution >= 0.6 is 22.7 Å². The molecule has 0 aliphatic heterocycles. The minimum Gasteiger partial charge on any atom is -0.344 e. The summed E-state index contributed by atoms with van der Waals surface area (Å²) in [6.07, 6.45) is 1.31. The molecular weight excluding hydrogens is 757 g/mol. The average molecular weight is 793 g/mol. The van der Waals surface area contributed by atoms with Crippen LogP contribution in [0.5, 0.6) is 0 Å². The van der Waals surface area contributed by atoms with Crippen molar-refractivity contribution < 1.29 is 28.9 Å². The number of carbonyl (C=O) groups excluding carboxylic acids is 4. The standard InChI is InChI=1S/C45H36N4O6S2/c1-26(50)54-46-36(28-12-16-38-32(22-28)34-24-30(14-18-40(34)48(38)3)44(52)42-10-6-20-56-42)8-5-9-37(47-55-27(2)51)29-13-17-39-33(23-29)35-25-31(15-19-41(35)49(39)4)45(53)43-11-7-21-57-43/h6-7,10-25H,5,8-9H2,1-4H3/b46-36-,47-37-. The molecule has 0 atom stereocenters. The molecule has 0 saturated carbocycles. The monoisotopic (exact) mass is 792 g/mol. The Bertz CT molecular complexity index is 2750. The Hall–Kier alpha value is -6.50. The zero-order valence-electron chi connectivity index (χ0n) is 31.6. The van der Waals surface area contributed by atoms with Gasteiger partial charge in [0, 0.05) is 93.8 Å². The molecule has 0 radical (unpaired) electrons. The summed E-state index contributed by atoms with van der Waals surface area (Å²) in [6.45, 7) is 2.60. The molecule has 0 bridgehead atoms. The van der Waals surface area contributed by atoms with Gasteiger partial charge >= 0.3 is 11.9 Å². The van der Waals surface area contributed by atoms with Gasteiger partial charge in [-0.15, -0.1) is 22.7 Å². The van der Waals surface area contributed by atoms with Gasteiger partial charge in [0.1, 0.15) is 0 Å². The Kier molecular flexibility index (Phi) is 10.2. The number of thiophene rings is 2. The molecule has 0 N–H and O–H groups in total. The molecule has 8 aromatic rings. The number of carbonyl (C=O) groups is 4. The SMILES string of the molecule is CC(=O)O/N=C(/CCC/C(=N/OC(C)=O)c1ccc2c(c1)c1cc(C(=O)c3cccs3)ccc1n2C)c1ccc2c(c1)c1cc(C(=O)c3cccs3)ccc1n2C. The van der Waals surface area contributed by atoms with Gasteiger partial charge in [-0.3, -0.25) is 9.59 Å². The van der Waals surface area contributed by atoms with E-state index in [0.717, 1.165) is 54.7 Å². The van der Waals surface area contributed by atoms with E-state index in [4.69, 9.17) is 9.68 Å². The molecular formula is C45H36N4O6S2. The minimum absolute atomic E-state index is 0.0306. The van der Waals surface area contributed by atoms with Crippen LogP contribution in [0.3, 0.4) is 0 Å². The highest BCUT2D eigenvalue weighted by Gasteiger charge is 2.19. The predicted molar refractivity (Wildman–Crippen MR) is 227 cm³/mol. The summed E-state index contributed by atoms with van der Waals surface area (Å²) in [7, 11) is 3.98. The van der Waals surface area contributed by atoms with Crippen molar-refractivity contribution in [3.05, 3.63) is 140 Å². The summed E-state index contributed by atoms with van der Waals surface area (Å²) in [5.41, 5.74) is 7.72. The van der Waals surface area contributed by atoms with Crippen LogP contribution in [0.15, 0.2) is 118 Å². The number of benzene rings is 4. The molecule has 0 unspecified atom stereocenters. The maximum atomic E-state index is 13.3. The van der Waals surface area contributed by atoms with Crippen LogP contribution in [-0.2, 0) is 33.4 Å². The van der Waals surface area contributed by atoms with Crippen molar-refractivity contribution in [2.45, 2.75) is 33.1 Å². The predicted octanol–water partition coefficient (Wildman–Crippen LogP) is 9.97. The molecule has 57 heavy (non-hydrogen) atoms. The van der Waals surface area contributed by atoms with Crippen molar-refractivity contribution in [1.82, 2.24) is 9.13 Å². The molecule has 10 nitrogen and oxygen atoms in total. The number of hydrogen-bond donors (Lipinski definition) is 0. The number of ketones is 2. The number of aryl methyl sites for hydroxylation is 2. The molecule has 12 heteroatoms. The Morgan fingerprint density at radius 3 is 1.21 bits per heavy atom. The van der Waals surface area contributed by atoms with E-state index in [1.807, 2.05) is 122 Å². The summed E-state index contributed by atoms with van der Waals surface area (Å²) in [5, 5.41) is 16.1. The highest BCUT2D eigenvalue weighted by atomic mass is 32.1. The quantitative estimate of drug-likeness (QED) is 0.0526. The lowest BCUT2D eigenvalue weighted by molar-refractivity contribution is -0.141. The molecule has 0 aliphatic rings. The number of nitrogens with zero attached hydrogens (tertiary/aromatic N) is 4. The first-order valence-electron chi connectivity index (χ1n) is 18.3. The van der Waals surface area contributed by atoms with Gasteiger partial charge in [-0.05, 0) is 103 Å². The van der Waals surface area contributed by atoms with E-state index >= 15 is 0 Å². The highest BCUT2D eigenvalue weighted by molar-refractivity contribution is 7.12. The first-order valence-corrected chi connectivity index (χ1v) is 20.0. The number of fused-ring (bicyclic) bond motifs is 6. The molecule has 0 aliphatic carbocycles. The van der Waals surface area contributed by atoms with Gasteiger partial charge in [-0.25, -0.2) is 9.59 Å². The summed E-state index contributed by atoms with van der Waals surface area (Å²) in [6, 6.07) is 30.8. The number of oxime groups is 2. The van der Waals surface area contributed by atoms with Crippen LogP contribution in [0.4, 0.5) is 0 Å². The average Bonchev–Trinajstić information content (AvgIpc) is 4.04. The first kappa shape index (κ1) is 37.4. The fourth-order valence-electron chi connectivity index (χ4n) is 7.33. The second-order valence-corrected chi connectivity index (χ2v) is 15.6. The summed E-state index contributed by atoms with van der Waals surface area (Å²) >= 11 is 2.82. The second kappa shape index (κ2) is 15.6. The number of aromatic nitrogens is 2. The topological polar surface area (TPSA) is 121 Å². The molecule has 0 amide bonds. The van der Waals surface area contributed by atoms with Crippen LogP contribution in [0, 0.1) is 0 Å². The third-order valence-corrected chi connectivity index (χ3v) is 11.8. The van der Waals surface area contributed by atoms with E-state index in [1.165, 1.54) is 36.5 Å². The van der Waals surface area contributed by atoms with Crippen molar-refractivity contribution in [2.75, 3.05) is 0 Å². The Morgan fingerprint density at radius 2 is 0.877 bits per heavy atom. The molecule has 0 spiro atoms. The van der Waals surface area contributed by atoms with Crippen molar-refractivity contribution >= 4 is 101 Å². The van der Waals surface area contributed by atoms with E-state index < -0.39 is 11.9 Å². The number of hydrogen-bond acceptors (Lipinski definition) is 10. The third kappa shape index (κ3) is 7.32. The van der Waals surface area contributed by atoms with Crippen molar-refractivity contribution in [2.24, 2.45) is 24.4 Å². The normalized spacial score (nSPS) is 12.2. The maximum absolute atomic E-state index is 13.3. The van der Waals surface area contributed by atoms with Crippen LogP contribution in [0.1, 0.15) is 74.7 Å². The maximum Gasteiger partial charge on any atom is 0.331 e. The fourth-order valence-corrected chi connectivity index (χ4v) is 8.70. The fraction of sp³-hybridized carbons (Fsp3) is 0.156. The van der Waals surface area contributed by atoms with Crippen LogP contribution in [0.2, 0.25) is 0 Å². The molecule has 0 saturated heterocycles. The summed E-state index contributed by atoms with van der Waals surface area (Å²) in [4.78, 5) is 62.2. The lowest BCUT2D eigenvalue weighted by Crippen LogP contribution is -2.08. The largest absolute Gasteiger partial charge is 0.344 e. The Morgan fingerprint density at radius 1 is 0.526 bits per heavy atom. The summed E-state index contributed by atoms with van der Waals surface area (Å²) < 4.78 is 4.17. The zero-order chi connectivity index (χ0) is 39.8. The Labute approximate surface area is 335 Å². The van der Waals surface area contributed by atoms with E-state index in [9.17, 15) is 19.2 Å². The van der Waals surface area contributed by atoms with E-state index in [1.54, 1.807) is 0 Å². The molecule has 4 aromatic carbocycles. The van der Waals surface area contributed by atoms with Gasteiger partial charge in [0.15, 0.2) is 0 Å². The van der Waals surface area contributed by atoms with E-state index in [0.29, 0.717) is 51.6 Å².